The lowest BCUT2D eigenvalue weighted by atomic mass is 10.1. The van der Waals surface area contributed by atoms with Crippen LogP contribution in [0, 0.1) is 0 Å². The molecule has 0 radical (unpaired) electrons. The van der Waals surface area contributed by atoms with Gasteiger partial charge in [-0.1, -0.05) is 23.7 Å². The molecule has 0 saturated carbocycles. The van der Waals surface area contributed by atoms with Gasteiger partial charge in [0.25, 0.3) is 5.91 Å². The fourth-order valence-corrected chi connectivity index (χ4v) is 1.80. The van der Waals surface area contributed by atoms with Gasteiger partial charge in [0.05, 0.1) is 17.5 Å². The standard InChI is InChI=1S/C13H14ClN3O2/c14-10-4-2-9(3-5-10)12-11(8-16-17-12)13(19)15-6-1-7-18/h2-5,8,18H,1,6-7H2,(H,15,19)(H,16,17). The third-order valence-corrected chi connectivity index (χ3v) is 2.89. The third-order valence-electron chi connectivity index (χ3n) is 2.64. The number of nitrogens with one attached hydrogen (secondary N) is 2. The zero-order valence-electron chi connectivity index (χ0n) is 10.2. The Hall–Kier alpha value is -1.85. The molecule has 0 spiro atoms. The summed E-state index contributed by atoms with van der Waals surface area (Å²) >= 11 is 5.83. The SMILES string of the molecule is O=C(NCCCO)c1cn[nH]c1-c1ccc(Cl)cc1. The number of aromatic nitrogens is 2. The maximum atomic E-state index is 12.0. The van der Waals surface area contributed by atoms with Crippen molar-refractivity contribution in [3.05, 3.63) is 41.0 Å². The monoisotopic (exact) mass is 279 g/mol. The Morgan fingerprint density at radius 2 is 2.11 bits per heavy atom. The number of rotatable bonds is 5. The number of amides is 1. The van der Waals surface area contributed by atoms with Crippen molar-refractivity contribution in [2.24, 2.45) is 0 Å². The molecule has 0 bridgehead atoms. The summed E-state index contributed by atoms with van der Waals surface area (Å²) in [7, 11) is 0. The Morgan fingerprint density at radius 1 is 1.37 bits per heavy atom. The summed E-state index contributed by atoms with van der Waals surface area (Å²) in [6.45, 7) is 0.482. The Morgan fingerprint density at radius 3 is 2.79 bits per heavy atom. The molecule has 5 nitrogen and oxygen atoms in total. The van der Waals surface area contributed by atoms with Crippen LogP contribution in [0.4, 0.5) is 0 Å². The van der Waals surface area contributed by atoms with Gasteiger partial charge in [0, 0.05) is 23.7 Å². The molecule has 2 rings (SSSR count). The second-order valence-electron chi connectivity index (χ2n) is 4.00. The first-order valence-electron chi connectivity index (χ1n) is 5.90. The van der Waals surface area contributed by atoms with Crippen LogP contribution in [0.2, 0.25) is 5.02 Å². The smallest absolute Gasteiger partial charge is 0.255 e. The van der Waals surface area contributed by atoms with Crippen LogP contribution in [0.15, 0.2) is 30.5 Å². The van der Waals surface area contributed by atoms with Gasteiger partial charge in [-0.05, 0) is 18.6 Å². The summed E-state index contributed by atoms with van der Waals surface area (Å²) in [6, 6.07) is 7.15. The minimum atomic E-state index is -0.216. The van der Waals surface area contributed by atoms with Gasteiger partial charge in [-0.3, -0.25) is 9.89 Å². The van der Waals surface area contributed by atoms with E-state index in [0.29, 0.717) is 29.2 Å². The number of H-pyrrole nitrogens is 1. The fourth-order valence-electron chi connectivity index (χ4n) is 1.67. The number of aliphatic hydroxyl groups excluding tert-OH is 1. The molecule has 0 aliphatic rings. The molecular formula is C13H14ClN3O2. The van der Waals surface area contributed by atoms with E-state index in [4.69, 9.17) is 16.7 Å². The number of carbonyl (C=O) groups excluding carboxylic acids is 1. The molecule has 2 aromatic rings. The number of hydrogen-bond donors (Lipinski definition) is 3. The lowest BCUT2D eigenvalue weighted by molar-refractivity contribution is 0.0952. The average Bonchev–Trinajstić information content (AvgIpc) is 2.89. The summed E-state index contributed by atoms with van der Waals surface area (Å²) in [5.41, 5.74) is 1.97. The van der Waals surface area contributed by atoms with Crippen molar-refractivity contribution in [2.75, 3.05) is 13.2 Å². The topological polar surface area (TPSA) is 78.0 Å². The van der Waals surface area contributed by atoms with Crippen molar-refractivity contribution >= 4 is 17.5 Å². The maximum absolute atomic E-state index is 12.0. The molecule has 19 heavy (non-hydrogen) atoms. The van der Waals surface area contributed by atoms with Gasteiger partial charge in [0.15, 0.2) is 0 Å². The molecular weight excluding hydrogens is 266 g/mol. The highest BCUT2D eigenvalue weighted by molar-refractivity contribution is 6.30. The summed E-state index contributed by atoms with van der Waals surface area (Å²) in [4.78, 5) is 12.0. The van der Waals surface area contributed by atoms with Crippen LogP contribution in [0.25, 0.3) is 11.3 Å². The van der Waals surface area contributed by atoms with Crippen molar-refractivity contribution in [1.29, 1.82) is 0 Å². The number of aromatic amines is 1. The van der Waals surface area contributed by atoms with Crippen LogP contribution in [0.5, 0.6) is 0 Å². The van der Waals surface area contributed by atoms with Gasteiger partial charge in [0.2, 0.25) is 0 Å². The van der Waals surface area contributed by atoms with Crippen LogP contribution in [-0.2, 0) is 0 Å². The van der Waals surface area contributed by atoms with E-state index in [1.54, 1.807) is 12.1 Å². The van der Waals surface area contributed by atoms with E-state index in [0.717, 1.165) is 5.56 Å². The second kappa shape index (κ2) is 6.36. The van der Waals surface area contributed by atoms with E-state index in [-0.39, 0.29) is 12.5 Å². The molecule has 0 atom stereocenters. The van der Waals surface area contributed by atoms with Crippen LogP contribution in [-0.4, -0.2) is 34.4 Å². The first-order chi connectivity index (χ1) is 9.22. The number of carbonyl (C=O) groups is 1. The van der Waals surface area contributed by atoms with Crippen molar-refractivity contribution in [3.63, 3.8) is 0 Å². The summed E-state index contributed by atoms with van der Waals surface area (Å²) < 4.78 is 0. The van der Waals surface area contributed by atoms with Crippen LogP contribution in [0.1, 0.15) is 16.8 Å². The molecule has 6 heteroatoms. The Kier molecular flexibility index (Phi) is 4.54. The lowest BCUT2D eigenvalue weighted by Gasteiger charge is -2.05. The van der Waals surface area contributed by atoms with Crippen molar-refractivity contribution in [3.8, 4) is 11.3 Å². The summed E-state index contributed by atoms with van der Waals surface area (Å²) in [5, 5.41) is 18.8. The highest BCUT2D eigenvalue weighted by Gasteiger charge is 2.14. The number of aliphatic hydroxyl groups is 1. The average molecular weight is 280 g/mol. The minimum absolute atomic E-state index is 0.0513. The molecule has 1 amide bonds. The number of benzene rings is 1. The van der Waals surface area contributed by atoms with E-state index in [9.17, 15) is 4.79 Å². The normalized spacial score (nSPS) is 10.4. The van der Waals surface area contributed by atoms with E-state index < -0.39 is 0 Å². The number of hydrogen-bond acceptors (Lipinski definition) is 3. The highest BCUT2D eigenvalue weighted by Crippen LogP contribution is 2.22. The molecule has 3 N–H and O–H groups in total. The predicted octanol–water partition coefficient (Wildman–Crippen LogP) is 1.84. The molecule has 1 heterocycles. The molecule has 0 fully saturated rings. The van der Waals surface area contributed by atoms with E-state index >= 15 is 0 Å². The second-order valence-corrected chi connectivity index (χ2v) is 4.44. The quantitative estimate of drug-likeness (QED) is 0.731. The van der Waals surface area contributed by atoms with Gasteiger partial charge < -0.3 is 10.4 Å². The first kappa shape index (κ1) is 13.6. The van der Waals surface area contributed by atoms with Gasteiger partial charge >= 0.3 is 0 Å². The Bertz CT molecular complexity index is 551. The van der Waals surface area contributed by atoms with E-state index in [2.05, 4.69) is 15.5 Å². The molecule has 0 unspecified atom stereocenters. The largest absolute Gasteiger partial charge is 0.396 e. The molecule has 0 saturated heterocycles. The van der Waals surface area contributed by atoms with Crippen molar-refractivity contribution in [2.45, 2.75) is 6.42 Å². The Balaban J connectivity index is 2.17. The maximum Gasteiger partial charge on any atom is 0.255 e. The molecule has 0 aliphatic heterocycles. The number of halogens is 1. The molecule has 1 aromatic heterocycles. The molecule has 100 valence electrons. The zero-order valence-corrected chi connectivity index (χ0v) is 10.9. The summed E-state index contributed by atoms with van der Waals surface area (Å²) in [6.07, 6.45) is 2.01. The van der Waals surface area contributed by atoms with Gasteiger partial charge in [0.1, 0.15) is 0 Å². The Labute approximate surface area is 115 Å². The zero-order chi connectivity index (χ0) is 13.7. The van der Waals surface area contributed by atoms with Crippen LogP contribution < -0.4 is 5.32 Å². The molecule has 1 aromatic carbocycles. The van der Waals surface area contributed by atoms with E-state index in [1.165, 1.54) is 6.20 Å². The van der Waals surface area contributed by atoms with Crippen LogP contribution >= 0.6 is 11.6 Å². The minimum Gasteiger partial charge on any atom is -0.396 e. The fraction of sp³-hybridized carbons (Fsp3) is 0.231. The highest BCUT2D eigenvalue weighted by atomic mass is 35.5. The third kappa shape index (κ3) is 3.33. The van der Waals surface area contributed by atoms with Gasteiger partial charge in [-0.15, -0.1) is 0 Å². The molecule has 0 aliphatic carbocycles. The lowest BCUT2D eigenvalue weighted by Crippen LogP contribution is -2.25. The first-order valence-corrected chi connectivity index (χ1v) is 6.28. The number of nitrogens with zero attached hydrogens (tertiary/aromatic N) is 1. The van der Waals surface area contributed by atoms with Gasteiger partial charge in [-0.25, -0.2) is 0 Å². The van der Waals surface area contributed by atoms with Crippen molar-refractivity contribution < 1.29 is 9.90 Å². The summed E-state index contributed by atoms with van der Waals surface area (Å²) in [5.74, 6) is -0.216. The van der Waals surface area contributed by atoms with E-state index in [1.807, 2.05) is 12.1 Å². The predicted molar refractivity (Wildman–Crippen MR) is 73.1 cm³/mol. The van der Waals surface area contributed by atoms with Crippen molar-refractivity contribution in [1.82, 2.24) is 15.5 Å². The van der Waals surface area contributed by atoms with Gasteiger partial charge in [-0.2, -0.15) is 5.10 Å². The van der Waals surface area contributed by atoms with Crippen LogP contribution in [0.3, 0.4) is 0 Å².